The molecule has 0 fully saturated rings. The van der Waals surface area contributed by atoms with E-state index >= 15 is 0 Å². The molecule has 1 N–H and O–H groups in total. The molecule has 0 saturated heterocycles. The van der Waals surface area contributed by atoms with Crippen molar-refractivity contribution in [3.8, 4) is 6.07 Å². The number of fused-ring (bicyclic) bond motifs is 1. The van der Waals surface area contributed by atoms with Crippen LogP contribution in [0.25, 0.3) is 11.1 Å². The van der Waals surface area contributed by atoms with Crippen LogP contribution >= 0.6 is 0 Å². The van der Waals surface area contributed by atoms with Gasteiger partial charge in [0.2, 0.25) is 5.91 Å². The van der Waals surface area contributed by atoms with Gasteiger partial charge in [0.1, 0.15) is 5.52 Å². The van der Waals surface area contributed by atoms with Crippen LogP contribution in [-0.2, 0) is 11.2 Å². The van der Waals surface area contributed by atoms with E-state index in [1.807, 2.05) is 24.3 Å². The highest BCUT2D eigenvalue weighted by Crippen LogP contribution is 2.20. The molecule has 23 heavy (non-hydrogen) atoms. The van der Waals surface area contributed by atoms with Crippen LogP contribution in [0.1, 0.15) is 23.4 Å². The Bertz CT molecular complexity index is 889. The Morgan fingerprint density at radius 3 is 2.78 bits per heavy atom. The van der Waals surface area contributed by atoms with Crippen LogP contribution in [0.5, 0.6) is 0 Å². The van der Waals surface area contributed by atoms with Crippen LogP contribution in [0.4, 0.5) is 5.69 Å². The fraction of sp³-hybridized carbons (Fsp3) is 0.167. The highest BCUT2D eigenvalue weighted by atomic mass is 16.3. The Labute approximate surface area is 133 Å². The van der Waals surface area contributed by atoms with Crippen molar-refractivity contribution >= 4 is 22.7 Å². The van der Waals surface area contributed by atoms with Crippen molar-refractivity contribution in [1.82, 2.24) is 4.98 Å². The molecule has 3 rings (SSSR count). The lowest BCUT2D eigenvalue weighted by atomic mass is 10.1. The number of aromatic nitrogens is 1. The van der Waals surface area contributed by atoms with Crippen LogP contribution in [0.2, 0.25) is 0 Å². The number of nitriles is 1. The molecule has 0 unspecified atom stereocenters. The van der Waals surface area contributed by atoms with Crippen molar-refractivity contribution in [3.63, 3.8) is 0 Å². The third-order valence-electron chi connectivity index (χ3n) is 3.50. The monoisotopic (exact) mass is 305 g/mol. The van der Waals surface area contributed by atoms with Gasteiger partial charge >= 0.3 is 0 Å². The molecule has 1 aromatic heterocycles. The summed E-state index contributed by atoms with van der Waals surface area (Å²) in [6.07, 6.45) is 1.00. The first-order valence-corrected chi connectivity index (χ1v) is 7.30. The highest BCUT2D eigenvalue weighted by Gasteiger charge is 2.07. The summed E-state index contributed by atoms with van der Waals surface area (Å²) >= 11 is 0. The second-order valence-electron chi connectivity index (χ2n) is 5.27. The van der Waals surface area contributed by atoms with Gasteiger partial charge in [-0.3, -0.25) is 4.79 Å². The first-order valence-electron chi connectivity index (χ1n) is 7.30. The molecule has 0 radical (unpaired) electrons. The van der Waals surface area contributed by atoms with Crippen molar-refractivity contribution in [2.45, 2.75) is 19.8 Å². The average Bonchev–Trinajstić information content (AvgIpc) is 2.92. The summed E-state index contributed by atoms with van der Waals surface area (Å²) in [5.74, 6) is 0.536. The minimum absolute atomic E-state index is 0.0649. The molecule has 0 atom stereocenters. The zero-order chi connectivity index (χ0) is 16.2. The number of hydrogen-bond donors (Lipinski definition) is 1. The largest absolute Gasteiger partial charge is 0.441 e. The first kappa shape index (κ1) is 14.8. The Kier molecular flexibility index (Phi) is 4.07. The average molecular weight is 305 g/mol. The van der Waals surface area contributed by atoms with E-state index in [1.54, 1.807) is 25.1 Å². The van der Waals surface area contributed by atoms with Crippen LogP contribution in [0.3, 0.4) is 0 Å². The molecule has 5 heteroatoms. The maximum Gasteiger partial charge on any atom is 0.224 e. The number of hydrogen-bond acceptors (Lipinski definition) is 4. The predicted molar refractivity (Wildman–Crippen MR) is 86.9 cm³/mol. The maximum atomic E-state index is 12.0. The van der Waals surface area contributed by atoms with Gasteiger partial charge in [0.05, 0.1) is 11.6 Å². The summed E-state index contributed by atoms with van der Waals surface area (Å²) in [4.78, 5) is 16.3. The zero-order valence-electron chi connectivity index (χ0n) is 12.7. The predicted octanol–water partition coefficient (Wildman–Crippen LogP) is 3.58. The van der Waals surface area contributed by atoms with Gasteiger partial charge in [0.25, 0.3) is 0 Å². The number of carbonyl (C=O) groups is 1. The summed E-state index contributed by atoms with van der Waals surface area (Å²) in [5, 5.41) is 11.6. The number of anilines is 1. The van der Waals surface area contributed by atoms with Crippen molar-refractivity contribution < 1.29 is 9.21 Å². The van der Waals surface area contributed by atoms with E-state index in [2.05, 4.69) is 16.4 Å². The van der Waals surface area contributed by atoms with Crippen LogP contribution < -0.4 is 5.32 Å². The van der Waals surface area contributed by atoms with E-state index in [0.29, 0.717) is 35.6 Å². The number of rotatable bonds is 4. The van der Waals surface area contributed by atoms with Gasteiger partial charge in [0, 0.05) is 25.1 Å². The minimum atomic E-state index is -0.0649. The molecule has 5 nitrogen and oxygen atoms in total. The topological polar surface area (TPSA) is 78.9 Å². The molecule has 0 aliphatic heterocycles. The molecule has 3 aromatic rings. The van der Waals surface area contributed by atoms with Gasteiger partial charge in [-0.05, 0) is 36.2 Å². The molecule has 1 amide bonds. The number of oxazole rings is 1. The second-order valence-corrected chi connectivity index (χ2v) is 5.27. The van der Waals surface area contributed by atoms with E-state index in [1.165, 1.54) is 0 Å². The van der Waals surface area contributed by atoms with Crippen molar-refractivity contribution in [3.05, 3.63) is 59.5 Å². The molecule has 2 aromatic carbocycles. The summed E-state index contributed by atoms with van der Waals surface area (Å²) in [6.45, 7) is 1.79. The lowest BCUT2D eigenvalue weighted by Crippen LogP contribution is -2.12. The lowest BCUT2D eigenvalue weighted by molar-refractivity contribution is -0.116. The number of carbonyl (C=O) groups excluding carboxylic acids is 1. The number of amides is 1. The van der Waals surface area contributed by atoms with Crippen molar-refractivity contribution in [2.75, 3.05) is 5.32 Å². The Hall–Kier alpha value is -3.13. The number of nitrogens with one attached hydrogen (secondary N) is 1. The number of benzene rings is 2. The molecule has 0 spiro atoms. The molecule has 0 aliphatic carbocycles. The molecule has 0 saturated carbocycles. The smallest absolute Gasteiger partial charge is 0.224 e. The molecule has 0 aliphatic rings. The van der Waals surface area contributed by atoms with Gasteiger partial charge in [-0.15, -0.1) is 0 Å². The molecule has 1 heterocycles. The van der Waals surface area contributed by atoms with E-state index in [9.17, 15) is 4.79 Å². The Balaban J connectivity index is 1.60. The summed E-state index contributed by atoms with van der Waals surface area (Å²) in [5.41, 5.74) is 3.78. The van der Waals surface area contributed by atoms with Crippen LogP contribution in [0.15, 0.2) is 46.9 Å². The number of aryl methyl sites for hydroxylation is 2. The van der Waals surface area contributed by atoms with Gasteiger partial charge in [0.15, 0.2) is 11.5 Å². The van der Waals surface area contributed by atoms with Crippen LogP contribution in [-0.4, -0.2) is 10.9 Å². The molecular weight excluding hydrogens is 290 g/mol. The van der Waals surface area contributed by atoms with Gasteiger partial charge in [-0.2, -0.15) is 5.26 Å². The fourth-order valence-corrected chi connectivity index (χ4v) is 2.34. The van der Waals surface area contributed by atoms with Gasteiger partial charge < -0.3 is 9.73 Å². The SMILES string of the molecule is Cc1nc2ccc(NC(=O)CCc3ccc(C#N)cc3)cc2o1. The van der Waals surface area contributed by atoms with E-state index in [4.69, 9.17) is 9.68 Å². The normalized spacial score (nSPS) is 10.4. The van der Waals surface area contributed by atoms with E-state index < -0.39 is 0 Å². The van der Waals surface area contributed by atoms with Gasteiger partial charge in [-0.1, -0.05) is 12.1 Å². The molecular formula is C18H15N3O2. The zero-order valence-corrected chi connectivity index (χ0v) is 12.7. The van der Waals surface area contributed by atoms with E-state index in [0.717, 1.165) is 11.1 Å². The third-order valence-corrected chi connectivity index (χ3v) is 3.50. The molecule has 114 valence electrons. The summed E-state index contributed by atoms with van der Waals surface area (Å²) in [6, 6.07) is 14.7. The maximum absolute atomic E-state index is 12.0. The van der Waals surface area contributed by atoms with E-state index in [-0.39, 0.29) is 5.91 Å². The standard InChI is InChI=1S/C18H15N3O2/c1-12-20-16-8-7-15(10-17(16)23-12)21-18(22)9-6-13-2-4-14(11-19)5-3-13/h2-5,7-8,10H,6,9H2,1H3,(H,21,22). The minimum Gasteiger partial charge on any atom is -0.441 e. The number of nitrogens with zero attached hydrogens (tertiary/aromatic N) is 2. The summed E-state index contributed by atoms with van der Waals surface area (Å²) in [7, 11) is 0. The fourth-order valence-electron chi connectivity index (χ4n) is 2.34. The van der Waals surface area contributed by atoms with Crippen LogP contribution in [0, 0.1) is 18.3 Å². The third kappa shape index (κ3) is 3.55. The Morgan fingerprint density at radius 1 is 1.26 bits per heavy atom. The van der Waals surface area contributed by atoms with Crippen molar-refractivity contribution in [1.29, 1.82) is 5.26 Å². The summed E-state index contributed by atoms with van der Waals surface area (Å²) < 4.78 is 5.45. The second kappa shape index (κ2) is 6.32. The van der Waals surface area contributed by atoms with Crippen molar-refractivity contribution in [2.24, 2.45) is 0 Å². The molecule has 0 bridgehead atoms. The Morgan fingerprint density at radius 2 is 2.04 bits per heavy atom. The van der Waals surface area contributed by atoms with Gasteiger partial charge in [-0.25, -0.2) is 4.98 Å². The first-order chi connectivity index (χ1) is 11.1. The quantitative estimate of drug-likeness (QED) is 0.799. The lowest BCUT2D eigenvalue weighted by Gasteiger charge is -2.05. The highest BCUT2D eigenvalue weighted by molar-refractivity contribution is 5.92.